The van der Waals surface area contributed by atoms with Crippen LogP contribution in [0.1, 0.15) is 39.1 Å². The first-order chi connectivity index (χ1) is 12.1. The van der Waals surface area contributed by atoms with Gasteiger partial charge in [0.25, 0.3) is 5.91 Å². The molecule has 0 saturated carbocycles. The van der Waals surface area contributed by atoms with E-state index in [0.29, 0.717) is 29.8 Å². The highest BCUT2D eigenvalue weighted by Gasteiger charge is 2.26. The second kappa shape index (κ2) is 7.57. The molecule has 1 saturated heterocycles. The van der Waals surface area contributed by atoms with Crippen LogP contribution >= 0.6 is 0 Å². The van der Waals surface area contributed by atoms with Crippen LogP contribution in [0.25, 0.3) is 0 Å². The van der Waals surface area contributed by atoms with Gasteiger partial charge in [-0.1, -0.05) is 18.2 Å². The molecule has 5 heteroatoms. The number of likely N-dealkylation sites (tertiary alicyclic amines) is 1. The van der Waals surface area contributed by atoms with Gasteiger partial charge in [-0.3, -0.25) is 9.59 Å². The number of ketones is 1. The highest BCUT2D eigenvalue weighted by molar-refractivity contribution is 6.15. The minimum Gasteiger partial charge on any atom is -0.337 e. The molecule has 0 spiro atoms. The minimum absolute atomic E-state index is 0.133. The number of benzene rings is 2. The predicted octanol–water partition coefficient (Wildman–Crippen LogP) is 2.88. The van der Waals surface area contributed by atoms with Gasteiger partial charge in [-0.05, 0) is 50.2 Å². The fourth-order valence-electron chi connectivity index (χ4n) is 3.19. The number of nitrogens with zero attached hydrogens (tertiary/aromatic N) is 1. The molecule has 1 amide bonds. The lowest BCUT2D eigenvalue weighted by molar-refractivity contribution is 0.0694. The van der Waals surface area contributed by atoms with Crippen molar-refractivity contribution in [1.82, 2.24) is 10.2 Å². The van der Waals surface area contributed by atoms with E-state index in [1.54, 1.807) is 29.2 Å². The van der Waals surface area contributed by atoms with Gasteiger partial charge in [-0.25, -0.2) is 4.39 Å². The Hall–Kier alpha value is -2.53. The molecule has 4 nitrogen and oxygen atoms in total. The van der Waals surface area contributed by atoms with Crippen molar-refractivity contribution >= 4 is 11.7 Å². The molecule has 1 aliphatic heterocycles. The van der Waals surface area contributed by atoms with Crippen LogP contribution in [0.3, 0.4) is 0 Å². The molecular weight excluding hydrogens is 319 g/mol. The molecule has 1 heterocycles. The summed E-state index contributed by atoms with van der Waals surface area (Å²) in [6, 6.07) is 12.5. The maximum absolute atomic E-state index is 13.1. The molecule has 0 bridgehead atoms. The van der Waals surface area contributed by atoms with Crippen LogP contribution in [-0.4, -0.2) is 42.8 Å². The maximum Gasteiger partial charge on any atom is 0.254 e. The molecule has 25 heavy (non-hydrogen) atoms. The monoisotopic (exact) mass is 340 g/mol. The molecule has 1 N–H and O–H groups in total. The first-order valence-electron chi connectivity index (χ1n) is 8.46. The third-order valence-corrected chi connectivity index (χ3v) is 4.63. The fraction of sp³-hybridized carbons (Fsp3) is 0.300. The number of rotatable bonds is 4. The van der Waals surface area contributed by atoms with Gasteiger partial charge >= 0.3 is 0 Å². The standard InChI is InChI=1S/C20H21FN2O2/c1-22-16-5-4-12-23(13-16)20(25)18-7-3-2-6-17(18)19(24)14-8-10-15(21)11-9-14/h2-3,6-11,16,22H,4-5,12-13H2,1H3/t16-/m1/s1. The van der Waals surface area contributed by atoms with E-state index in [1.165, 1.54) is 24.3 Å². The lowest BCUT2D eigenvalue weighted by Crippen LogP contribution is -2.47. The lowest BCUT2D eigenvalue weighted by atomic mass is 9.96. The number of hydrogen-bond acceptors (Lipinski definition) is 3. The Morgan fingerprint density at radius 1 is 1.08 bits per heavy atom. The Labute approximate surface area is 146 Å². The van der Waals surface area contributed by atoms with Gasteiger partial charge < -0.3 is 10.2 Å². The first kappa shape index (κ1) is 17.3. The van der Waals surface area contributed by atoms with Crippen LogP contribution in [0.4, 0.5) is 4.39 Å². The van der Waals surface area contributed by atoms with Crippen LogP contribution in [0, 0.1) is 5.82 Å². The van der Waals surface area contributed by atoms with Crippen LogP contribution in [0.2, 0.25) is 0 Å². The zero-order valence-electron chi connectivity index (χ0n) is 14.2. The number of carbonyl (C=O) groups excluding carboxylic acids is 2. The van der Waals surface area contributed by atoms with Gasteiger partial charge in [0.2, 0.25) is 0 Å². The highest BCUT2D eigenvalue weighted by atomic mass is 19.1. The summed E-state index contributed by atoms with van der Waals surface area (Å²) >= 11 is 0. The van der Waals surface area contributed by atoms with E-state index in [1.807, 2.05) is 7.05 Å². The van der Waals surface area contributed by atoms with Crippen molar-refractivity contribution in [3.63, 3.8) is 0 Å². The molecule has 2 aromatic rings. The van der Waals surface area contributed by atoms with Crippen LogP contribution in [0.5, 0.6) is 0 Å². The Morgan fingerprint density at radius 3 is 2.44 bits per heavy atom. The third-order valence-electron chi connectivity index (χ3n) is 4.63. The molecule has 1 atom stereocenters. The summed E-state index contributed by atoms with van der Waals surface area (Å²) in [5.41, 5.74) is 1.12. The molecule has 2 aromatic carbocycles. The normalized spacial score (nSPS) is 17.4. The van der Waals surface area contributed by atoms with Crippen LogP contribution in [0.15, 0.2) is 48.5 Å². The van der Waals surface area contributed by atoms with Crippen molar-refractivity contribution in [2.24, 2.45) is 0 Å². The third kappa shape index (κ3) is 3.77. The molecule has 0 aliphatic carbocycles. The largest absolute Gasteiger partial charge is 0.337 e. The zero-order valence-corrected chi connectivity index (χ0v) is 14.2. The Kier molecular flexibility index (Phi) is 5.24. The Morgan fingerprint density at radius 2 is 1.76 bits per heavy atom. The van der Waals surface area contributed by atoms with E-state index in [9.17, 15) is 14.0 Å². The van der Waals surface area contributed by atoms with Crippen molar-refractivity contribution in [1.29, 1.82) is 0 Å². The van der Waals surface area contributed by atoms with Crippen molar-refractivity contribution in [2.45, 2.75) is 18.9 Å². The zero-order chi connectivity index (χ0) is 17.8. The number of amides is 1. The van der Waals surface area contributed by atoms with Crippen molar-refractivity contribution in [2.75, 3.05) is 20.1 Å². The molecule has 0 radical (unpaired) electrons. The van der Waals surface area contributed by atoms with E-state index < -0.39 is 5.82 Å². The second-order valence-corrected chi connectivity index (χ2v) is 6.26. The molecule has 1 aliphatic rings. The summed E-state index contributed by atoms with van der Waals surface area (Å²) in [4.78, 5) is 27.5. The van der Waals surface area contributed by atoms with Gasteiger partial charge in [0.15, 0.2) is 5.78 Å². The highest BCUT2D eigenvalue weighted by Crippen LogP contribution is 2.19. The van der Waals surface area contributed by atoms with Gasteiger partial charge in [0, 0.05) is 30.3 Å². The van der Waals surface area contributed by atoms with Crippen molar-refractivity contribution in [3.05, 3.63) is 71.0 Å². The molecular formula is C20H21FN2O2. The SMILES string of the molecule is CN[C@@H]1CCCN(C(=O)c2ccccc2C(=O)c2ccc(F)cc2)C1. The fourth-order valence-corrected chi connectivity index (χ4v) is 3.19. The van der Waals surface area contributed by atoms with E-state index in [4.69, 9.17) is 0 Å². The minimum atomic E-state index is -0.396. The van der Waals surface area contributed by atoms with Gasteiger partial charge in [-0.2, -0.15) is 0 Å². The maximum atomic E-state index is 13.1. The molecule has 130 valence electrons. The van der Waals surface area contributed by atoms with Gasteiger partial charge in [0.1, 0.15) is 5.82 Å². The predicted molar refractivity (Wildman–Crippen MR) is 94.3 cm³/mol. The number of halogens is 1. The summed E-state index contributed by atoms with van der Waals surface area (Å²) in [7, 11) is 1.89. The van der Waals surface area contributed by atoms with Gasteiger partial charge in [0.05, 0.1) is 5.56 Å². The van der Waals surface area contributed by atoms with E-state index in [0.717, 1.165) is 12.8 Å². The number of hydrogen-bond donors (Lipinski definition) is 1. The Bertz CT molecular complexity index is 774. The quantitative estimate of drug-likeness (QED) is 0.871. The molecule has 1 fully saturated rings. The first-order valence-corrected chi connectivity index (χ1v) is 8.46. The lowest BCUT2D eigenvalue weighted by Gasteiger charge is -2.33. The van der Waals surface area contributed by atoms with E-state index in [2.05, 4.69) is 5.32 Å². The molecule has 0 aromatic heterocycles. The van der Waals surface area contributed by atoms with Gasteiger partial charge in [-0.15, -0.1) is 0 Å². The van der Waals surface area contributed by atoms with Crippen molar-refractivity contribution < 1.29 is 14.0 Å². The summed E-state index contributed by atoms with van der Waals surface area (Å²) < 4.78 is 13.1. The molecule has 0 unspecified atom stereocenters. The van der Waals surface area contributed by atoms with E-state index >= 15 is 0 Å². The number of nitrogens with one attached hydrogen (secondary N) is 1. The summed E-state index contributed by atoms with van der Waals surface area (Å²) in [5.74, 6) is -0.801. The number of carbonyl (C=O) groups is 2. The summed E-state index contributed by atoms with van der Waals surface area (Å²) in [5, 5.41) is 3.21. The smallest absolute Gasteiger partial charge is 0.254 e. The number of piperidine rings is 1. The van der Waals surface area contributed by atoms with Crippen molar-refractivity contribution in [3.8, 4) is 0 Å². The Balaban J connectivity index is 1.89. The second-order valence-electron chi connectivity index (χ2n) is 6.26. The topological polar surface area (TPSA) is 49.4 Å². The van der Waals surface area contributed by atoms with Crippen LogP contribution < -0.4 is 5.32 Å². The van der Waals surface area contributed by atoms with E-state index in [-0.39, 0.29) is 17.7 Å². The number of likely N-dealkylation sites (N-methyl/N-ethyl adjacent to an activating group) is 1. The summed E-state index contributed by atoms with van der Waals surface area (Å²) in [6.45, 7) is 1.32. The summed E-state index contributed by atoms with van der Waals surface area (Å²) in [6.07, 6.45) is 1.97. The van der Waals surface area contributed by atoms with Crippen LogP contribution in [-0.2, 0) is 0 Å². The average Bonchev–Trinajstić information content (AvgIpc) is 2.67. The average molecular weight is 340 g/mol. The molecule has 3 rings (SSSR count).